The number of ether oxygens (including phenoxy) is 10. The van der Waals surface area contributed by atoms with Crippen LogP contribution in [0.15, 0.2) is 6.20 Å². The average molecular weight is 706 g/mol. The van der Waals surface area contributed by atoms with Crippen LogP contribution in [0.3, 0.4) is 0 Å². The molecule has 0 amide bonds. The molecule has 14 heteroatoms. The summed E-state index contributed by atoms with van der Waals surface area (Å²) >= 11 is 0. The first-order valence-corrected chi connectivity index (χ1v) is 18.3. The van der Waals surface area contributed by atoms with Crippen molar-refractivity contribution in [3.63, 3.8) is 0 Å². The van der Waals surface area contributed by atoms with Crippen molar-refractivity contribution in [2.24, 2.45) is 5.92 Å². The van der Waals surface area contributed by atoms with Crippen molar-refractivity contribution < 1.29 is 52.2 Å². The Hall–Kier alpha value is -1.59. The van der Waals surface area contributed by atoms with Crippen molar-refractivity contribution in [1.29, 1.82) is 0 Å². The van der Waals surface area contributed by atoms with Crippen LogP contribution in [0.25, 0.3) is 0 Å². The summed E-state index contributed by atoms with van der Waals surface area (Å²) in [5.74, 6) is 0.280. The molecule has 0 unspecified atom stereocenters. The van der Waals surface area contributed by atoms with Crippen molar-refractivity contribution >= 4 is 5.78 Å². The third-order valence-electron chi connectivity index (χ3n) is 7.06. The van der Waals surface area contributed by atoms with Crippen molar-refractivity contribution in [2.75, 3.05) is 126 Å². The summed E-state index contributed by atoms with van der Waals surface area (Å²) < 4.78 is 56.8. The van der Waals surface area contributed by atoms with E-state index in [1.807, 2.05) is 24.7 Å². The Balaban J connectivity index is 1.68. The predicted octanol–water partition coefficient (Wildman–Crippen LogP) is 3.92. The Morgan fingerprint density at radius 1 is 0.551 bits per heavy atom. The number of carbonyl (C=O) groups is 1. The monoisotopic (exact) mass is 705 g/mol. The van der Waals surface area contributed by atoms with Crippen LogP contribution in [0, 0.1) is 5.92 Å². The van der Waals surface area contributed by atoms with Gasteiger partial charge < -0.3 is 47.4 Å². The zero-order valence-corrected chi connectivity index (χ0v) is 30.8. The topological polar surface area (TPSA) is 140 Å². The van der Waals surface area contributed by atoms with Gasteiger partial charge in [-0.3, -0.25) is 9.48 Å². The van der Waals surface area contributed by atoms with E-state index in [1.54, 1.807) is 0 Å². The van der Waals surface area contributed by atoms with E-state index in [1.165, 1.54) is 32.1 Å². The van der Waals surface area contributed by atoms with Crippen LogP contribution in [-0.4, -0.2) is 146 Å². The van der Waals surface area contributed by atoms with E-state index < -0.39 is 0 Å². The second-order valence-electron chi connectivity index (χ2n) is 11.7. The molecule has 1 heterocycles. The van der Waals surface area contributed by atoms with Crippen LogP contribution in [-0.2, 0) is 65.3 Å². The van der Waals surface area contributed by atoms with Gasteiger partial charge in [-0.2, -0.15) is 0 Å². The fourth-order valence-corrected chi connectivity index (χ4v) is 4.19. The number of aromatic nitrogens is 3. The van der Waals surface area contributed by atoms with E-state index in [9.17, 15) is 4.79 Å². The van der Waals surface area contributed by atoms with E-state index in [0.29, 0.717) is 139 Å². The van der Waals surface area contributed by atoms with Crippen LogP contribution < -0.4 is 0 Å². The number of unbranched alkanes of at least 4 members (excludes halogenated alkanes) is 5. The molecule has 1 rings (SSSR count). The van der Waals surface area contributed by atoms with Crippen molar-refractivity contribution in [3.05, 3.63) is 11.9 Å². The normalized spacial score (nSPS) is 11.7. The molecule has 0 spiro atoms. The molecule has 0 aliphatic heterocycles. The Labute approximate surface area is 295 Å². The molecule has 0 bridgehead atoms. The van der Waals surface area contributed by atoms with Gasteiger partial charge >= 0.3 is 0 Å². The summed E-state index contributed by atoms with van der Waals surface area (Å²) in [5, 5.41) is 8.35. The fraction of sp³-hybridized carbons (Fsp3) is 0.914. The second-order valence-corrected chi connectivity index (χ2v) is 11.7. The van der Waals surface area contributed by atoms with Crippen LogP contribution in [0.1, 0.15) is 71.4 Å². The molecule has 0 saturated heterocycles. The molecule has 0 fully saturated rings. The SMILES string of the molecule is CCCCCCCCn1cc(COCCOCCOCCOCCOCCOCCOCCOCCOCCOCCC(=O)C(C)C)nn1. The molecule has 0 N–H and O–H groups in total. The second kappa shape index (κ2) is 36.2. The lowest BCUT2D eigenvalue weighted by molar-refractivity contribution is -0.123. The Morgan fingerprint density at radius 2 is 0.918 bits per heavy atom. The van der Waals surface area contributed by atoms with Crippen LogP contribution in [0.5, 0.6) is 0 Å². The number of ketones is 1. The van der Waals surface area contributed by atoms with Gasteiger partial charge in [0.05, 0.1) is 138 Å². The molecule has 0 radical (unpaired) electrons. The molecule has 0 aliphatic rings. The maximum Gasteiger partial charge on any atom is 0.137 e. The molecule has 0 atom stereocenters. The zero-order chi connectivity index (χ0) is 35.3. The number of aryl methyl sites for hydroxylation is 1. The highest BCUT2D eigenvalue weighted by Gasteiger charge is 2.06. The van der Waals surface area contributed by atoms with Gasteiger partial charge in [0.1, 0.15) is 11.5 Å². The molecule has 49 heavy (non-hydrogen) atoms. The minimum atomic E-state index is 0.0601. The summed E-state index contributed by atoms with van der Waals surface area (Å²) in [6.45, 7) is 16.9. The van der Waals surface area contributed by atoms with Gasteiger partial charge in [-0.1, -0.05) is 58.1 Å². The molecule has 14 nitrogen and oxygen atoms in total. The minimum absolute atomic E-state index is 0.0601. The third-order valence-corrected chi connectivity index (χ3v) is 7.06. The van der Waals surface area contributed by atoms with Crippen LogP contribution in [0.4, 0.5) is 0 Å². The quantitative estimate of drug-likeness (QED) is 0.0913. The van der Waals surface area contributed by atoms with E-state index >= 15 is 0 Å². The Morgan fingerprint density at radius 3 is 1.33 bits per heavy atom. The van der Waals surface area contributed by atoms with E-state index in [-0.39, 0.29) is 11.7 Å². The van der Waals surface area contributed by atoms with Gasteiger partial charge in [0.25, 0.3) is 0 Å². The molecular weight excluding hydrogens is 638 g/mol. The van der Waals surface area contributed by atoms with Gasteiger partial charge in [0, 0.05) is 18.9 Å². The largest absolute Gasteiger partial charge is 0.379 e. The van der Waals surface area contributed by atoms with Crippen molar-refractivity contribution in [1.82, 2.24) is 15.0 Å². The summed E-state index contributed by atoms with van der Waals surface area (Å²) in [5.41, 5.74) is 0.847. The minimum Gasteiger partial charge on any atom is -0.379 e. The third kappa shape index (κ3) is 32.1. The molecule has 0 aromatic carbocycles. The maximum absolute atomic E-state index is 11.5. The van der Waals surface area contributed by atoms with Gasteiger partial charge in [-0.05, 0) is 6.42 Å². The van der Waals surface area contributed by atoms with Gasteiger partial charge in [-0.25, -0.2) is 0 Å². The predicted molar refractivity (Wildman–Crippen MR) is 185 cm³/mol. The highest BCUT2D eigenvalue weighted by Crippen LogP contribution is 2.06. The standard InChI is InChI=1S/C35H67N3O11/c1-4-5-6-7-8-9-11-38-31-34(36-37-38)32-49-30-29-48-28-27-47-26-25-46-24-23-45-22-21-44-20-19-43-18-17-42-16-15-41-14-13-40-12-10-35(39)33(2)3/h31,33H,4-30,32H2,1-3H3. The number of hydrogen-bond acceptors (Lipinski definition) is 13. The fourth-order valence-electron chi connectivity index (χ4n) is 4.19. The number of rotatable bonds is 40. The highest BCUT2D eigenvalue weighted by molar-refractivity contribution is 5.80. The zero-order valence-electron chi connectivity index (χ0n) is 30.8. The van der Waals surface area contributed by atoms with Gasteiger partial charge in [0.2, 0.25) is 0 Å². The maximum atomic E-state index is 11.5. The first kappa shape index (κ1) is 45.4. The molecule has 0 saturated carbocycles. The van der Waals surface area contributed by atoms with Crippen LogP contribution in [0.2, 0.25) is 0 Å². The molecule has 288 valence electrons. The first-order valence-electron chi connectivity index (χ1n) is 18.3. The molecule has 1 aromatic heterocycles. The summed E-state index contributed by atoms with van der Waals surface area (Å²) in [7, 11) is 0. The molecule has 0 aliphatic carbocycles. The Kier molecular flexibility index (Phi) is 33.6. The highest BCUT2D eigenvalue weighted by atomic mass is 16.6. The summed E-state index contributed by atoms with van der Waals surface area (Å²) in [6, 6.07) is 0. The molecular formula is C35H67N3O11. The van der Waals surface area contributed by atoms with Crippen LogP contribution >= 0.6 is 0 Å². The summed E-state index contributed by atoms with van der Waals surface area (Å²) in [6.07, 6.45) is 10.0. The van der Waals surface area contributed by atoms with Gasteiger partial charge in [0.15, 0.2) is 0 Å². The van der Waals surface area contributed by atoms with E-state index in [2.05, 4.69) is 17.2 Å². The van der Waals surface area contributed by atoms with E-state index in [4.69, 9.17) is 47.4 Å². The van der Waals surface area contributed by atoms with Crippen molar-refractivity contribution in [3.8, 4) is 0 Å². The number of nitrogens with zero attached hydrogens (tertiary/aromatic N) is 3. The van der Waals surface area contributed by atoms with Crippen molar-refractivity contribution in [2.45, 2.75) is 78.9 Å². The number of hydrogen-bond donors (Lipinski definition) is 0. The van der Waals surface area contributed by atoms with Gasteiger partial charge in [-0.15, -0.1) is 5.10 Å². The smallest absolute Gasteiger partial charge is 0.137 e. The lowest BCUT2D eigenvalue weighted by Crippen LogP contribution is -2.15. The molecule has 1 aromatic rings. The average Bonchev–Trinajstić information content (AvgIpc) is 3.56. The lowest BCUT2D eigenvalue weighted by Gasteiger charge is -2.09. The van der Waals surface area contributed by atoms with E-state index in [0.717, 1.165) is 18.7 Å². The number of carbonyl (C=O) groups excluding carboxylic acids is 1. The lowest BCUT2D eigenvalue weighted by atomic mass is 10.1. The first-order chi connectivity index (χ1) is 24.1. The number of Topliss-reactive ketones (excluding diaryl/α,β-unsaturated/α-hetero) is 1. The summed E-state index contributed by atoms with van der Waals surface area (Å²) in [4.78, 5) is 11.5. The Bertz CT molecular complexity index is 833.